The fourth-order valence-electron chi connectivity index (χ4n) is 3.01. The second-order valence-electron chi connectivity index (χ2n) is 6.01. The maximum absolute atomic E-state index is 12.7. The van der Waals surface area contributed by atoms with Crippen LogP contribution < -0.4 is 5.32 Å². The zero-order chi connectivity index (χ0) is 15.4. The number of hydrogen-bond donors (Lipinski definition) is 1. The predicted octanol–water partition coefficient (Wildman–Crippen LogP) is 3.65. The van der Waals surface area contributed by atoms with Crippen LogP contribution in [0.2, 0.25) is 0 Å². The van der Waals surface area contributed by atoms with Crippen molar-refractivity contribution >= 4 is 5.91 Å². The molecule has 3 unspecified atom stereocenters. The summed E-state index contributed by atoms with van der Waals surface area (Å²) >= 11 is 0. The van der Waals surface area contributed by atoms with Crippen molar-refractivity contribution in [2.45, 2.75) is 71.6 Å². The molecular formula is C18H28N2O. The van der Waals surface area contributed by atoms with E-state index in [9.17, 15) is 4.79 Å². The first-order valence-electron chi connectivity index (χ1n) is 8.29. The predicted molar refractivity (Wildman–Crippen MR) is 87.0 cm³/mol. The molecule has 21 heavy (non-hydrogen) atoms. The Kier molecular flexibility index (Phi) is 5.40. The molecule has 0 saturated carbocycles. The van der Waals surface area contributed by atoms with Gasteiger partial charge in [0.05, 0.1) is 6.04 Å². The van der Waals surface area contributed by atoms with Gasteiger partial charge in [-0.2, -0.15) is 0 Å². The van der Waals surface area contributed by atoms with E-state index in [1.165, 1.54) is 11.1 Å². The van der Waals surface area contributed by atoms with E-state index in [2.05, 4.69) is 57.3 Å². The number of hydrogen-bond acceptors (Lipinski definition) is 2. The van der Waals surface area contributed by atoms with E-state index >= 15 is 0 Å². The smallest absolute Gasteiger partial charge is 0.241 e. The topological polar surface area (TPSA) is 32.3 Å². The molecule has 0 aliphatic carbocycles. The Bertz CT molecular complexity index is 469. The first kappa shape index (κ1) is 16.0. The summed E-state index contributed by atoms with van der Waals surface area (Å²) in [5.41, 5.74) is 2.53. The molecule has 0 radical (unpaired) electrons. The monoisotopic (exact) mass is 288 g/mol. The highest BCUT2D eigenvalue weighted by Gasteiger charge is 2.40. The lowest BCUT2D eigenvalue weighted by molar-refractivity contribution is -0.132. The minimum absolute atomic E-state index is 0.0231. The number of aryl methyl sites for hydroxylation is 1. The Balaban J connectivity index is 2.27. The molecule has 1 heterocycles. The zero-order valence-electron chi connectivity index (χ0n) is 13.7. The van der Waals surface area contributed by atoms with Gasteiger partial charge in [-0.15, -0.1) is 0 Å². The summed E-state index contributed by atoms with van der Waals surface area (Å²) in [7, 11) is 0. The van der Waals surface area contributed by atoms with Gasteiger partial charge in [-0.05, 0) is 37.3 Å². The lowest BCUT2D eigenvalue weighted by atomic mass is 10.1. The zero-order valence-corrected chi connectivity index (χ0v) is 13.7. The van der Waals surface area contributed by atoms with Gasteiger partial charge >= 0.3 is 0 Å². The van der Waals surface area contributed by atoms with E-state index in [0.29, 0.717) is 0 Å². The van der Waals surface area contributed by atoms with E-state index in [0.717, 1.165) is 25.7 Å². The summed E-state index contributed by atoms with van der Waals surface area (Å²) in [5.74, 6) is 0.260. The van der Waals surface area contributed by atoms with E-state index in [1.54, 1.807) is 0 Å². The van der Waals surface area contributed by atoms with Gasteiger partial charge in [0.2, 0.25) is 5.91 Å². The number of nitrogens with zero attached hydrogens (tertiary/aromatic N) is 1. The van der Waals surface area contributed by atoms with Crippen LogP contribution in [0.1, 0.15) is 64.3 Å². The van der Waals surface area contributed by atoms with Crippen molar-refractivity contribution in [2.75, 3.05) is 0 Å². The van der Waals surface area contributed by atoms with Gasteiger partial charge in [-0.3, -0.25) is 10.1 Å². The molecular weight excluding hydrogens is 260 g/mol. The average Bonchev–Trinajstić information content (AvgIpc) is 2.84. The standard InChI is InChI=1S/C18H28N2O/c1-5-8-16-18(21)20(13(4)6-2)17(19-16)15-11-9-14(7-3)10-12-15/h9-13,16-17,19H,5-8H2,1-4H3. The molecule has 1 aliphatic rings. The average molecular weight is 288 g/mol. The number of carbonyl (C=O) groups excluding carboxylic acids is 1. The van der Waals surface area contributed by atoms with Gasteiger partial charge in [-0.1, -0.05) is 51.5 Å². The Hall–Kier alpha value is -1.35. The fourth-order valence-corrected chi connectivity index (χ4v) is 3.01. The summed E-state index contributed by atoms with van der Waals surface area (Å²) < 4.78 is 0. The van der Waals surface area contributed by atoms with Crippen molar-refractivity contribution < 1.29 is 4.79 Å². The van der Waals surface area contributed by atoms with Crippen molar-refractivity contribution in [1.29, 1.82) is 0 Å². The molecule has 3 heteroatoms. The highest BCUT2D eigenvalue weighted by molar-refractivity contribution is 5.84. The molecule has 0 spiro atoms. The molecule has 1 N–H and O–H groups in total. The second-order valence-corrected chi connectivity index (χ2v) is 6.01. The van der Waals surface area contributed by atoms with Crippen LogP contribution in [0.4, 0.5) is 0 Å². The number of benzene rings is 1. The molecule has 1 amide bonds. The second kappa shape index (κ2) is 7.08. The van der Waals surface area contributed by atoms with Crippen LogP contribution in [0.3, 0.4) is 0 Å². The summed E-state index contributed by atoms with van der Waals surface area (Å²) in [5, 5.41) is 3.54. The number of rotatable bonds is 6. The lowest BCUT2D eigenvalue weighted by Crippen LogP contribution is -2.38. The number of amides is 1. The lowest BCUT2D eigenvalue weighted by Gasteiger charge is -2.30. The molecule has 3 nitrogen and oxygen atoms in total. The van der Waals surface area contributed by atoms with Crippen molar-refractivity contribution in [3.05, 3.63) is 35.4 Å². The van der Waals surface area contributed by atoms with Crippen LogP contribution in [0.15, 0.2) is 24.3 Å². The number of nitrogens with one attached hydrogen (secondary N) is 1. The third-order valence-electron chi connectivity index (χ3n) is 4.54. The molecule has 1 aromatic rings. The molecule has 3 atom stereocenters. The molecule has 0 bridgehead atoms. The van der Waals surface area contributed by atoms with E-state index in [1.807, 2.05) is 4.90 Å². The molecule has 1 saturated heterocycles. The largest absolute Gasteiger partial charge is 0.319 e. The maximum Gasteiger partial charge on any atom is 0.241 e. The normalized spacial score (nSPS) is 23.6. The highest BCUT2D eigenvalue weighted by atomic mass is 16.2. The van der Waals surface area contributed by atoms with Crippen molar-refractivity contribution in [1.82, 2.24) is 10.2 Å². The Morgan fingerprint density at radius 2 is 1.86 bits per heavy atom. The summed E-state index contributed by atoms with van der Waals surface area (Å²) in [6.07, 6.45) is 3.99. The summed E-state index contributed by atoms with van der Waals surface area (Å²) in [6, 6.07) is 8.90. The van der Waals surface area contributed by atoms with Gasteiger partial charge in [0, 0.05) is 6.04 Å². The third kappa shape index (κ3) is 3.29. The number of carbonyl (C=O) groups is 1. The first-order chi connectivity index (χ1) is 10.1. The van der Waals surface area contributed by atoms with Crippen LogP contribution in [0, 0.1) is 0 Å². The molecule has 1 aliphatic heterocycles. The first-order valence-corrected chi connectivity index (χ1v) is 8.29. The van der Waals surface area contributed by atoms with Gasteiger partial charge in [0.25, 0.3) is 0 Å². The van der Waals surface area contributed by atoms with Crippen molar-refractivity contribution in [3.63, 3.8) is 0 Å². The van der Waals surface area contributed by atoms with E-state index in [4.69, 9.17) is 0 Å². The van der Waals surface area contributed by atoms with Crippen LogP contribution >= 0.6 is 0 Å². The minimum Gasteiger partial charge on any atom is -0.319 e. The van der Waals surface area contributed by atoms with Crippen LogP contribution in [-0.4, -0.2) is 22.9 Å². The third-order valence-corrected chi connectivity index (χ3v) is 4.54. The van der Waals surface area contributed by atoms with Gasteiger partial charge in [-0.25, -0.2) is 0 Å². The molecule has 116 valence electrons. The maximum atomic E-state index is 12.7. The summed E-state index contributed by atoms with van der Waals surface area (Å²) in [4.78, 5) is 14.7. The quantitative estimate of drug-likeness (QED) is 0.866. The molecule has 1 aromatic carbocycles. The van der Waals surface area contributed by atoms with Gasteiger partial charge in [0.1, 0.15) is 6.17 Å². The van der Waals surface area contributed by atoms with Gasteiger partial charge < -0.3 is 4.90 Å². The molecule has 0 aromatic heterocycles. The Morgan fingerprint density at radius 1 is 1.19 bits per heavy atom. The van der Waals surface area contributed by atoms with E-state index < -0.39 is 0 Å². The Labute approximate surface area is 128 Å². The highest BCUT2D eigenvalue weighted by Crippen LogP contribution is 2.30. The van der Waals surface area contributed by atoms with Gasteiger partial charge in [0.15, 0.2) is 0 Å². The van der Waals surface area contributed by atoms with Crippen molar-refractivity contribution in [2.24, 2.45) is 0 Å². The fraction of sp³-hybridized carbons (Fsp3) is 0.611. The van der Waals surface area contributed by atoms with E-state index in [-0.39, 0.29) is 24.2 Å². The minimum atomic E-state index is -0.0279. The van der Waals surface area contributed by atoms with Crippen LogP contribution in [-0.2, 0) is 11.2 Å². The molecule has 1 fully saturated rings. The SMILES string of the molecule is CCCC1NC(c2ccc(CC)cc2)N(C(C)CC)C1=O. The summed E-state index contributed by atoms with van der Waals surface area (Å²) in [6.45, 7) is 8.57. The van der Waals surface area contributed by atoms with Crippen LogP contribution in [0.25, 0.3) is 0 Å². The Morgan fingerprint density at radius 3 is 2.38 bits per heavy atom. The molecule has 2 rings (SSSR count). The van der Waals surface area contributed by atoms with Crippen molar-refractivity contribution in [3.8, 4) is 0 Å². The van der Waals surface area contributed by atoms with Crippen LogP contribution in [0.5, 0.6) is 0 Å².